The molecule has 8 heteroatoms. The van der Waals surface area contributed by atoms with Crippen LogP contribution in [0, 0.1) is 5.92 Å². The van der Waals surface area contributed by atoms with Crippen LogP contribution in [0.1, 0.15) is 29.2 Å². The maximum Gasteiger partial charge on any atom is 0.459 e. The molecular formula is C15H12F5NS2. The van der Waals surface area contributed by atoms with Crippen LogP contribution in [0.3, 0.4) is 0 Å². The normalized spacial score (nSPS) is 21.7. The van der Waals surface area contributed by atoms with E-state index in [4.69, 9.17) is 0 Å². The Morgan fingerprint density at radius 2 is 1.74 bits per heavy atom. The Morgan fingerprint density at radius 1 is 1.04 bits per heavy atom. The largest absolute Gasteiger partial charge is 0.459 e. The van der Waals surface area contributed by atoms with Gasteiger partial charge in [-0.1, -0.05) is 19.9 Å². The van der Waals surface area contributed by atoms with Gasteiger partial charge in [0.15, 0.2) is 0 Å². The summed E-state index contributed by atoms with van der Waals surface area (Å²) < 4.78 is 66.6. The standard InChI is InChI=1S/C15H12F5NS2/c1-8(2)13(10-4-3-6-22-10)12-9(5-7-23-12)11(21-13)14(16,17)15(18,19)20/h3-8H,1-2H3/t13-/m0/s1. The first-order chi connectivity index (χ1) is 10.6. The van der Waals surface area contributed by atoms with E-state index in [0.29, 0.717) is 9.75 Å². The van der Waals surface area contributed by atoms with E-state index in [1.165, 1.54) is 34.1 Å². The minimum atomic E-state index is -5.67. The number of thiophene rings is 2. The average Bonchev–Trinajstić information content (AvgIpc) is 3.13. The number of fused-ring (bicyclic) bond motifs is 1. The van der Waals surface area contributed by atoms with Crippen LogP contribution in [-0.2, 0) is 5.54 Å². The highest BCUT2D eigenvalue weighted by atomic mass is 32.1. The summed E-state index contributed by atoms with van der Waals surface area (Å²) in [5.74, 6) is -5.24. The van der Waals surface area contributed by atoms with E-state index in [2.05, 4.69) is 4.99 Å². The van der Waals surface area contributed by atoms with Gasteiger partial charge in [-0.05, 0) is 28.8 Å². The number of nitrogens with zero attached hydrogens (tertiary/aromatic N) is 1. The first kappa shape index (κ1) is 16.6. The molecule has 124 valence electrons. The molecule has 0 saturated heterocycles. The van der Waals surface area contributed by atoms with E-state index in [9.17, 15) is 22.0 Å². The lowest BCUT2D eigenvalue weighted by molar-refractivity contribution is -0.249. The lowest BCUT2D eigenvalue weighted by Crippen LogP contribution is -2.44. The van der Waals surface area contributed by atoms with Gasteiger partial charge in [0.05, 0.1) is 0 Å². The summed E-state index contributed by atoms with van der Waals surface area (Å²) in [6, 6.07) is 4.77. The molecule has 0 radical (unpaired) electrons. The van der Waals surface area contributed by atoms with Crippen molar-refractivity contribution in [2.45, 2.75) is 31.5 Å². The minimum absolute atomic E-state index is 0.0978. The van der Waals surface area contributed by atoms with Gasteiger partial charge in [0, 0.05) is 15.3 Å². The van der Waals surface area contributed by atoms with E-state index in [0.717, 1.165) is 0 Å². The van der Waals surface area contributed by atoms with Crippen molar-refractivity contribution < 1.29 is 22.0 Å². The molecule has 0 unspecified atom stereocenters. The van der Waals surface area contributed by atoms with E-state index in [1.807, 2.05) is 0 Å². The predicted molar refractivity (Wildman–Crippen MR) is 81.8 cm³/mol. The molecular weight excluding hydrogens is 353 g/mol. The predicted octanol–water partition coefficient (Wildman–Crippen LogP) is 5.71. The van der Waals surface area contributed by atoms with Crippen molar-refractivity contribution in [3.05, 3.63) is 44.3 Å². The number of halogens is 5. The number of rotatable bonds is 3. The SMILES string of the molecule is CC(C)[C@@]1(c2cccs2)N=C(C(F)(F)C(F)(F)F)c2ccsc21. The molecule has 0 bridgehead atoms. The molecule has 2 aromatic heterocycles. The molecule has 3 heterocycles. The lowest BCUT2D eigenvalue weighted by atomic mass is 9.84. The Bertz CT molecular complexity index is 742. The molecule has 1 atom stereocenters. The second-order valence-electron chi connectivity index (χ2n) is 5.59. The van der Waals surface area contributed by atoms with Gasteiger partial charge in [-0.15, -0.1) is 22.7 Å². The van der Waals surface area contributed by atoms with Crippen molar-refractivity contribution in [3.63, 3.8) is 0 Å². The van der Waals surface area contributed by atoms with Crippen LogP contribution in [0.5, 0.6) is 0 Å². The summed E-state index contributed by atoms with van der Waals surface area (Å²) in [7, 11) is 0. The third-order valence-corrected chi connectivity index (χ3v) is 5.97. The summed E-state index contributed by atoms with van der Waals surface area (Å²) in [5, 5.41) is 3.30. The number of hydrogen-bond donors (Lipinski definition) is 0. The first-order valence-corrected chi connectivity index (χ1v) is 8.55. The lowest BCUT2D eigenvalue weighted by Gasteiger charge is -2.30. The van der Waals surface area contributed by atoms with Gasteiger partial charge in [-0.25, -0.2) is 0 Å². The second-order valence-corrected chi connectivity index (χ2v) is 7.46. The molecule has 0 aromatic carbocycles. The van der Waals surface area contributed by atoms with Crippen LogP contribution in [0.4, 0.5) is 22.0 Å². The molecule has 3 rings (SSSR count). The Balaban J connectivity index is 2.29. The molecule has 0 N–H and O–H groups in total. The highest BCUT2D eigenvalue weighted by Gasteiger charge is 2.64. The number of alkyl halides is 5. The van der Waals surface area contributed by atoms with Crippen molar-refractivity contribution in [2.24, 2.45) is 10.9 Å². The van der Waals surface area contributed by atoms with E-state index < -0.39 is 23.3 Å². The number of aliphatic imine (C=N–C) groups is 1. The zero-order valence-corrected chi connectivity index (χ0v) is 13.8. The fourth-order valence-electron chi connectivity index (χ4n) is 2.79. The van der Waals surface area contributed by atoms with Crippen molar-refractivity contribution >= 4 is 28.4 Å². The fourth-order valence-corrected chi connectivity index (χ4v) is 5.08. The monoisotopic (exact) mass is 365 g/mol. The average molecular weight is 365 g/mol. The van der Waals surface area contributed by atoms with Crippen molar-refractivity contribution in [2.75, 3.05) is 0 Å². The minimum Gasteiger partial charge on any atom is -0.264 e. The van der Waals surface area contributed by atoms with Gasteiger partial charge >= 0.3 is 12.1 Å². The van der Waals surface area contributed by atoms with Gasteiger partial charge in [-0.3, -0.25) is 4.99 Å². The summed E-state index contributed by atoms with van der Waals surface area (Å²) in [5.41, 5.74) is -2.45. The third-order valence-electron chi connectivity index (χ3n) is 3.94. The van der Waals surface area contributed by atoms with Crippen LogP contribution in [0.2, 0.25) is 0 Å². The Hall–Kier alpha value is -1.28. The van der Waals surface area contributed by atoms with Crippen LogP contribution >= 0.6 is 22.7 Å². The van der Waals surface area contributed by atoms with E-state index in [1.54, 1.807) is 31.4 Å². The topological polar surface area (TPSA) is 12.4 Å². The Morgan fingerprint density at radius 3 is 2.26 bits per heavy atom. The maximum absolute atomic E-state index is 14.0. The summed E-state index contributed by atoms with van der Waals surface area (Å²) in [6.07, 6.45) is -5.67. The summed E-state index contributed by atoms with van der Waals surface area (Å²) in [4.78, 5) is 5.12. The van der Waals surface area contributed by atoms with Crippen molar-refractivity contribution in [1.29, 1.82) is 0 Å². The zero-order chi connectivity index (χ0) is 17.0. The molecule has 0 amide bonds. The van der Waals surface area contributed by atoms with Gasteiger partial charge in [0.2, 0.25) is 0 Å². The van der Waals surface area contributed by atoms with Gasteiger partial charge < -0.3 is 0 Å². The third kappa shape index (κ3) is 2.18. The molecule has 1 aliphatic rings. The highest BCUT2D eigenvalue weighted by Crippen LogP contribution is 2.53. The van der Waals surface area contributed by atoms with Gasteiger partial charge in [0.25, 0.3) is 0 Å². The van der Waals surface area contributed by atoms with E-state index >= 15 is 0 Å². The quantitative estimate of drug-likeness (QED) is 0.618. The van der Waals surface area contributed by atoms with Crippen LogP contribution < -0.4 is 0 Å². The second kappa shape index (κ2) is 5.11. The van der Waals surface area contributed by atoms with Crippen LogP contribution in [-0.4, -0.2) is 17.8 Å². The molecule has 23 heavy (non-hydrogen) atoms. The number of hydrogen-bond acceptors (Lipinski definition) is 3. The molecule has 0 fully saturated rings. The molecule has 0 spiro atoms. The first-order valence-electron chi connectivity index (χ1n) is 6.79. The Kier molecular flexibility index (Phi) is 3.68. The maximum atomic E-state index is 14.0. The van der Waals surface area contributed by atoms with E-state index in [-0.39, 0.29) is 11.5 Å². The van der Waals surface area contributed by atoms with Gasteiger partial charge in [-0.2, -0.15) is 22.0 Å². The van der Waals surface area contributed by atoms with Crippen LogP contribution in [0.15, 0.2) is 34.0 Å². The molecule has 1 nitrogen and oxygen atoms in total. The van der Waals surface area contributed by atoms with Crippen molar-refractivity contribution in [1.82, 2.24) is 0 Å². The molecule has 0 aliphatic carbocycles. The molecule has 1 aliphatic heterocycles. The van der Waals surface area contributed by atoms with Crippen molar-refractivity contribution in [3.8, 4) is 0 Å². The molecule has 2 aromatic rings. The smallest absolute Gasteiger partial charge is 0.264 e. The Labute approximate surface area is 137 Å². The molecule has 0 saturated carbocycles. The van der Waals surface area contributed by atoms with Gasteiger partial charge in [0.1, 0.15) is 11.3 Å². The summed E-state index contributed by atoms with van der Waals surface area (Å²) >= 11 is 2.48. The fraction of sp³-hybridized carbons (Fsp3) is 0.400. The highest BCUT2D eigenvalue weighted by molar-refractivity contribution is 7.12. The zero-order valence-electron chi connectivity index (χ0n) is 12.1. The summed E-state index contributed by atoms with van der Waals surface area (Å²) in [6.45, 7) is 3.56. The van der Waals surface area contributed by atoms with Crippen LogP contribution in [0.25, 0.3) is 0 Å².